The lowest BCUT2D eigenvalue weighted by Gasteiger charge is -2.18. The minimum atomic E-state index is -0.882. The van der Waals surface area contributed by atoms with E-state index < -0.39 is 12.1 Å². The number of nitrogens with one attached hydrogen (secondary N) is 1. The molecule has 1 amide bonds. The molecule has 0 heterocycles. The lowest BCUT2D eigenvalue weighted by atomic mass is 10.0. The first-order valence-corrected chi connectivity index (χ1v) is 7.86. The van der Waals surface area contributed by atoms with E-state index in [1.165, 1.54) is 0 Å². The Hall–Kier alpha value is -2.82. The number of carboxylic acids is 1. The average Bonchev–Trinajstić information content (AvgIpc) is 2.60. The van der Waals surface area contributed by atoms with Gasteiger partial charge >= 0.3 is 12.1 Å². The molecule has 24 heavy (non-hydrogen) atoms. The molecule has 0 bridgehead atoms. The standard InChI is InChI=1S/C19H21NO4/c21-18(22)12-11-17(13-15-7-3-1-4-8-15)20-19(23)24-14-16-9-5-2-6-10-16/h1-10,17H,11-14H2,(H,20,23)(H,21,22)/t17-/m1/s1. The Balaban J connectivity index is 1.88. The van der Waals surface area contributed by atoms with Crippen LogP contribution in [0.3, 0.4) is 0 Å². The number of alkyl carbamates (subject to hydrolysis) is 1. The highest BCUT2D eigenvalue weighted by Crippen LogP contribution is 2.09. The molecule has 5 heteroatoms. The number of benzene rings is 2. The molecular formula is C19H21NO4. The molecule has 0 radical (unpaired) electrons. The molecule has 2 N–H and O–H groups in total. The van der Waals surface area contributed by atoms with Gasteiger partial charge in [-0.25, -0.2) is 4.79 Å². The van der Waals surface area contributed by atoms with Gasteiger partial charge in [0.05, 0.1) is 0 Å². The molecule has 0 aliphatic heterocycles. The Kier molecular flexibility index (Phi) is 6.83. The smallest absolute Gasteiger partial charge is 0.407 e. The van der Waals surface area contributed by atoms with Crippen molar-refractivity contribution in [3.8, 4) is 0 Å². The van der Waals surface area contributed by atoms with Crippen molar-refractivity contribution >= 4 is 12.1 Å². The fourth-order valence-electron chi connectivity index (χ4n) is 2.35. The molecule has 0 saturated heterocycles. The second kappa shape index (κ2) is 9.35. The van der Waals surface area contributed by atoms with Crippen LogP contribution in [0.1, 0.15) is 24.0 Å². The number of hydrogen-bond donors (Lipinski definition) is 2. The van der Waals surface area contributed by atoms with E-state index >= 15 is 0 Å². The van der Waals surface area contributed by atoms with Gasteiger partial charge in [-0.2, -0.15) is 0 Å². The largest absolute Gasteiger partial charge is 0.481 e. The van der Waals surface area contributed by atoms with Gasteiger partial charge in [0.15, 0.2) is 0 Å². The molecule has 126 valence electrons. The summed E-state index contributed by atoms with van der Waals surface area (Å²) in [5, 5.41) is 11.6. The minimum Gasteiger partial charge on any atom is -0.481 e. The van der Waals surface area contributed by atoms with Crippen LogP contribution in [0.25, 0.3) is 0 Å². The van der Waals surface area contributed by atoms with E-state index in [1.807, 2.05) is 60.7 Å². The van der Waals surface area contributed by atoms with E-state index in [9.17, 15) is 9.59 Å². The van der Waals surface area contributed by atoms with Crippen molar-refractivity contribution in [1.29, 1.82) is 0 Å². The zero-order chi connectivity index (χ0) is 17.2. The Bertz CT molecular complexity index is 643. The van der Waals surface area contributed by atoms with Gasteiger partial charge in [-0.3, -0.25) is 4.79 Å². The second-order valence-electron chi connectivity index (χ2n) is 5.53. The van der Waals surface area contributed by atoms with Gasteiger partial charge in [-0.1, -0.05) is 60.7 Å². The van der Waals surface area contributed by atoms with Gasteiger partial charge in [0.2, 0.25) is 0 Å². The van der Waals surface area contributed by atoms with Gasteiger partial charge in [-0.15, -0.1) is 0 Å². The first-order chi connectivity index (χ1) is 11.6. The van der Waals surface area contributed by atoms with Crippen LogP contribution in [0.15, 0.2) is 60.7 Å². The van der Waals surface area contributed by atoms with Gasteiger partial charge in [-0.05, 0) is 24.0 Å². The highest BCUT2D eigenvalue weighted by Gasteiger charge is 2.15. The average molecular weight is 327 g/mol. The zero-order valence-corrected chi connectivity index (χ0v) is 13.4. The quantitative estimate of drug-likeness (QED) is 0.779. The molecule has 0 aromatic heterocycles. The maximum atomic E-state index is 12.0. The second-order valence-corrected chi connectivity index (χ2v) is 5.53. The summed E-state index contributed by atoms with van der Waals surface area (Å²) in [4.78, 5) is 22.8. The van der Waals surface area contributed by atoms with Crippen molar-refractivity contribution < 1.29 is 19.4 Å². The number of aliphatic carboxylic acids is 1. The van der Waals surface area contributed by atoms with Crippen molar-refractivity contribution in [3.05, 3.63) is 71.8 Å². The van der Waals surface area contributed by atoms with E-state index in [0.717, 1.165) is 11.1 Å². The summed E-state index contributed by atoms with van der Waals surface area (Å²) in [7, 11) is 0. The molecule has 0 aliphatic carbocycles. The van der Waals surface area contributed by atoms with Gasteiger partial charge in [0.1, 0.15) is 6.61 Å². The number of hydrogen-bond acceptors (Lipinski definition) is 3. The summed E-state index contributed by atoms with van der Waals surface area (Å²) in [6.45, 7) is 0.184. The van der Waals surface area contributed by atoms with Crippen molar-refractivity contribution in [2.75, 3.05) is 0 Å². The van der Waals surface area contributed by atoms with E-state index in [4.69, 9.17) is 9.84 Å². The summed E-state index contributed by atoms with van der Waals surface area (Å²) >= 11 is 0. The van der Waals surface area contributed by atoms with Crippen molar-refractivity contribution in [2.45, 2.75) is 31.9 Å². The number of carbonyl (C=O) groups is 2. The first kappa shape index (κ1) is 17.5. The van der Waals surface area contributed by atoms with Crippen LogP contribution in [-0.4, -0.2) is 23.2 Å². The van der Waals surface area contributed by atoms with Crippen LogP contribution in [0.2, 0.25) is 0 Å². The van der Waals surface area contributed by atoms with Crippen molar-refractivity contribution in [1.82, 2.24) is 5.32 Å². The fraction of sp³-hybridized carbons (Fsp3) is 0.263. The number of carboxylic acid groups (broad SMARTS) is 1. The fourth-order valence-corrected chi connectivity index (χ4v) is 2.35. The first-order valence-electron chi connectivity index (χ1n) is 7.86. The third-order valence-electron chi connectivity index (χ3n) is 3.57. The van der Waals surface area contributed by atoms with Crippen LogP contribution in [0.4, 0.5) is 4.79 Å². The normalized spacial score (nSPS) is 11.5. The Morgan fingerprint density at radius 3 is 2.12 bits per heavy atom. The monoisotopic (exact) mass is 327 g/mol. The lowest BCUT2D eigenvalue weighted by Crippen LogP contribution is -2.37. The zero-order valence-electron chi connectivity index (χ0n) is 13.4. The predicted molar refractivity (Wildman–Crippen MR) is 90.6 cm³/mol. The molecule has 0 unspecified atom stereocenters. The summed E-state index contributed by atoms with van der Waals surface area (Å²) in [5.74, 6) is -0.882. The molecule has 0 spiro atoms. The summed E-state index contributed by atoms with van der Waals surface area (Å²) < 4.78 is 5.21. The molecule has 2 rings (SSSR count). The minimum absolute atomic E-state index is 0.00351. The van der Waals surface area contributed by atoms with Crippen molar-refractivity contribution in [2.24, 2.45) is 0 Å². The van der Waals surface area contributed by atoms with Gasteiger partial charge in [0, 0.05) is 12.5 Å². The van der Waals surface area contributed by atoms with Crippen molar-refractivity contribution in [3.63, 3.8) is 0 Å². The third-order valence-corrected chi connectivity index (χ3v) is 3.57. The summed E-state index contributed by atoms with van der Waals surface area (Å²) in [6.07, 6.45) is 0.376. The van der Waals surface area contributed by atoms with Crippen LogP contribution >= 0.6 is 0 Å². The highest BCUT2D eigenvalue weighted by atomic mass is 16.5. The Morgan fingerprint density at radius 2 is 1.54 bits per heavy atom. The highest BCUT2D eigenvalue weighted by molar-refractivity contribution is 5.68. The maximum absolute atomic E-state index is 12.0. The Morgan fingerprint density at radius 1 is 0.958 bits per heavy atom. The van der Waals surface area contributed by atoms with E-state index in [-0.39, 0.29) is 19.1 Å². The number of carbonyl (C=O) groups excluding carboxylic acids is 1. The van der Waals surface area contributed by atoms with E-state index in [1.54, 1.807) is 0 Å². The number of ether oxygens (including phenoxy) is 1. The number of rotatable bonds is 8. The van der Waals surface area contributed by atoms with Crippen LogP contribution in [-0.2, 0) is 22.6 Å². The molecule has 1 atom stereocenters. The molecule has 0 fully saturated rings. The predicted octanol–water partition coefficient (Wildman–Crippen LogP) is 3.39. The van der Waals surface area contributed by atoms with Gasteiger partial charge in [0.25, 0.3) is 0 Å². The molecule has 2 aromatic carbocycles. The van der Waals surface area contributed by atoms with E-state index in [0.29, 0.717) is 12.8 Å². The third kappa shape index (κ3) is 6.52. The molecule has 0 saturated carbocycles. The Labute approximate surface area is 141 Å². The molecule has 5 nitrogen and oxygen atoms in total. The lowest BCUT2D eigenvalue weighted by molar-refractivity contribution is -0.137. The molecule has 2 aromatic rings. The van der Waals surface area contributed by atoms with Crippen LogP contribution in [0, 0.1) is 0 Å². The maximum Gasteiger partial charge on any atom is 0.407 e. The molecular weight excluding hydrogens is 306 g/mol. The topological polar surface area (TPSA) is 75.6 Å². The van der Waals surface area contributed by atoms with E-state index in [2.05, 4.69) is 5.32 Å². The van der Waals surface area contributed by atoms with Gasteiger partial charge < -0.3 is 15.2 Å². The summed E-state index contributed by atoms with van der Waals surface area (Å²) in [6, 6.07) is 18.8. The molecule has 0 aliphatic rings. The number of amides is 1. The summed E-state index contributed by atoms with van der Waals surface area (Å²) in [5.41, 5.74) is 1.94. The SMILES string of the molecule is O=C(O)CC[C@H](Cc1ccccc1)NC(=O)OCc1ccccc1. The van der Waals surface area contributed by atoms with Crippen LogP contribution in [0.5, 0.6) is 0 Å². The van der Waals surface area contributed by atoms with Crippen LogP contribution < -0.4 is 5.32 Å².